The molecule has 14 nitrogen and oxygen atoms in total. The number of ether oxygens (including phenoxy) is 3. The van der Waals surface area contributed by atoms with Crippen LogP contribution in [0.5, 0.6) is 0 Å². The zero-order chi connectivity index (χ0) is 40.9. The van der Waals surface area contributed by atoms with Gasteiger partial charge in [0.25, 0.3) is 0 Å². The molecule has 18 heteroatoms. The molecule has 0 unspecified atom stereocenters. The predicted molar refractivity (Wildman–Crippen MR) is 227 cm³/mol. The number of aromatic nitrogens is 3. The Hall–Kier alpha value is -3.93. The first-order chi connectivity index (χ1) is 28.0. The number of thiophene rings is 1. The van der Waals surface area contributed by atoms with Gasteiger partial charge in [0.2, 0.25) is 11.8 Å². The molecule has 1 fully saturated rings. The van der Waals surface area contributed by atoms with Gasteiger partial charge in [0.15, 0.2) is 5.82 Å². The van der Waals surface area contributed by atoms with Gasteiger partial charge in [-0.15, -0.1) is 21.5 Å². The first kappa shape index (κ1) is 42.2. The Labute approximate surface area is 356 Å². The highest BCUT2D eigenvalue weighted by Gasteiger charge is 2.36. The highest BCUT2D eigenvalue weighted by Crippen LogP contribution is 2.39. The van der Waals surface area contributed by atoms with E-state index in [0.29, 0.717) is 92.2 Å². The van der Waals surface area contributed by atoms with Crippen molar-refractivity contribution in [2.75, 3.05) is 64.7 Å². The topological polar surface area (TPSA) is 148 Å². The van der Waals surface area contributed by atoms with Crippen LogP contribution in [-0.4, -0.2) is 115 Å². The Morgan fingerprint density at radius 2 is 1.71 bits per heavy atom. The number of carbonyl (C=O) groups is 2. The summed E-state index contributed by atoms with van der Waals surface area (Å²) in [7, 11) is 1.92. The average molecular weight is 871 g/mol. The van der Waals surface area contributed by atoms with Crippen molar-refractivity contribution in [2.24, 2.45) is 10.1 Å². The highest BCUT2D eigenvalue weighted by molar-refractivity contribution is 7.15. The van der Waals surface area contributed by atoms with E-state index in [4.69, 9.17) is 54.0 Å². The molecule has 0 bridgehead atoms. The lowest BCUT2D eigenvalue weighted by atomic mass is 9.99. The van der Waals surface area contributed by atoms with Crippen LogP contribution in [-0.2, 0) is 23.8 Å². The zero-order valence-corrected chi connectivity index (χ0v) is 35.8. The number of nitrogens with zero attached hydrogens (tertiary/aromatic N) is 7. The van der Waals surface area contributed by atoms with Crippen LogP contribution in [0.2, 0.25) is 15.1 Å². The van der Waals surface area contributed by atoms with E-state index < -0.39 is 6.04 Å². The van der Waals surface area contributed by atoms with E-state index in [1.807, 2.05) is 53.8 Å². The van der Waals surface area contributed by atoms with E-state index in [1.54, 1.807) is 28.5 Å². The van der Waals surface area contributed by atoms with Crippen molar-refractivity contribution in [2.45, 2.75) is 58.2 Å². The van der Waals surface area contributed by atoms with Crippen LogP contribution in [0.25, 0.3) is 5.00 Å². The molecule has 4 aromatic rings. The second-order valence-corrected chi connectivity index (χ2v) is 16.8. The average Bonchev–Trinajstić information content (AvgIpc) is 3.97. The number of rotatable bonds is 15. The maximum atomic E-state index is 13.2. The van der Waals surface area contributed by atoms with E-state index in [9.17, 15) is 9.59 Å². The number of anilines is 1. The highest BCUT2D eigenvalue weighted by atomic mass is 35.5. The fraction of sp³-hybridized carbons (Fsp3) is 0.450. The summed E-state index contributed by atoms with van der Waals surface area (Å²) in [5.74, 6) is 1.72. The van der Waals surface area contributed by atoms with E-state index in [-0.39, 0.29) is 30.4 Å². The minimum atomic E-state index is -0.545. The van der Waals surface area contributed by atoms with Crippen LogP contribution < -0.4 is 15.6 Å². The van der Waals surface area contributed by atoms with Crippen molar-refractivity contribution in [3.63, 3.8) is 0 Å². The van der Waals surface area contributed by atoms with Gasteiger partial charge >= 0.3 is 0 Å². The Kier molecular flexibility index (Phi) is 13.8. The molecule has 2 aromatic heterocycles. The molecule has 3 atom stereocenters. The van der Waals surface area contributed by atoms with Gasteiger partial charge in [-0.25, -0.2) is 0 Å². The number of hydrogen-bond donors (Lipinski definition) is 2. The summed E-state index contributed by atoms with van der Waals surface area (Å²) in [6.07, 6.45) is 1.20. The molecule has 3 aliphatic rings. The summed E-state index contributed by atoms with van der Waals surface area (Å²) >= 11 is 20.1. The van der Waals surface area contributed by atoms with Gasteiger partial charge in [0.1, 0.15) is 22.7 Å². The molecule has 1 saturated heterocycles. The number of likely N-dealkylation sites (tertiary alicyclic amines) is 1. The summed E-state index contributed by atoms with van der Waals surface area (Å²) < 4.78 is 19.5. The van der Waals surface area contributed by atoms with Gasteiger partial charge in [-0.3, -0.25) is 29.1 Å². The van der Waals surface area contributed by atoms with E-state index in [2.05, 4.69) is 39.8 Å². The van der Waals surface area contributed by atoms with Gasteiger partial charge in [-0.1, -0.05) is 46.9 Å². The number of aryl methyl sites for hydroxylation is 2. The Bertz CT molecular complexity index is 2190. The molecule has 0 spiro atoms. The van der Waals surface area contributed by atoms with Crippen LogP contribution in [0.4, 0.5) is 5.69 Å². The number of carbonyl (C=O) groups excluding carboxylic acids is 2. The SMILES string of the molecule is Cc1sc2c(c1C)C(c1ccc(Cl)cc1)=N[C@@H](CC(=O)NCCOCCOCCO[C@H]1C[C@@H](C(=O)NC3=NN(c4ccc(Cl)c(Cl)c4)CC3)N(C)C1)c1nnc(C)n1-2. The molecule has 2 N–H and O–H groups in total. The normalized spacial score (nSPS) is 19.1. The summed E-state index contributed by atoms with van der Waals surface area (Å²) in [4.78, 5) is 34.7. The molecule has 3 aliphatic heterocycles. The third-order valence-corrected chi connectivity index (χ3v) is 12.5. The predicted octanol–water partition coefficient (Wildman–Crippen LogP) is 6.08. The van der Waals surface area contributed by atoms with Crippen LogP contribution in [0.3, 0.4) is 0 Å². The lowest BCUT2D eigenvalue weighted by Crippen LogP contribution is -2.43. The molecule has 5 heterocycles. The molecule has 0 saturated carbocycles. The number of amidine groups is 1. The second-order valence-electron chi connectivity index (χ2n) is 14.4. The largest absolute Gasteiger partial charge is 0.377 e. The van der Waals surface area contributed by atoms with Crippen LogP contribution in [0, 0.1) is 20.8 Å². The minimum absolute atomic E-state index is 0.0864. The standard InChI is InChI=1S/C40H46Cl3N9O5S/c1-23-24(2)58-40-36(23)37(26-5-7-27(41)8-6-26)45-32(38-48-47-25(3)52(38)40)21-35(53)44-12-14-55-15-16-56-17-18-57-29-20-33(50(4)22-29)39(54)46-34-11-13-51(49-34)28-9-10-30(42)31(43)19-28/h5-10,19,29,32-33H,11-18,20-22H2,1-4H3,(H,44,53)(H,46,49,54)/t29-,32-,33-/m0/s1. The number of benzene rings is 2. The van der Waals surface area contributed by atoms with E-state index in [1.165, 1.54) is 4.88 Å². The molecular weight excluding hydrogens is 825 g/mol. The fourth-order valence-corrected chi connectivity index (χ4v) is 8.85. The molecule has 2 aromatic carbocycles. The van der Waals surface area contributed by atoms with Crippen molar-refractivity contribution < 1.29 is 23.8 Å². The van der Waals surface area contributed by atoms with Gasteiger partial charge in [-0.2, -0.15) is 5.10 Å². The summed E-state index contributed by atoms with van der Waals surface area (Å²) in [6, 6.07) is 12.1. The number of nitrogens with one attached hydrogen (secondary N) is 2. The number of halogens is 3. The number of hydrazone groups is 1. The first-order valence-corrected chi connectivity index (χ1v) is 21.1. The summed E-state index contributed by atoms with van der Waals surface area (Å²) in [5, 5.41) is 23.7. The molecule has 2 amide bonds. The quantitative estimate of drug-likeness (QED) is 0.136. The first-order valence-electron chi connectivity index (χ1n) is 19.2. The number of likely N-dealkylation sites (N-methyl/N-ethyl adjacent to an activating group) is 1. The molecule has 7 rings (SSSR count). The van der Waals surface area contributed by atoms with Crippen LogP contribution in [0.1, 0.15) is 58.5 Å². The number of aliphatic imine (C=N–C) groups is 1. The molecule has 308 valence electrons. The Morgan fingerprint density at radius 1 is 0.948 bits per heavy atom. The monoisotopic (exact) mass is 869 g/mol. The van der Waals surface area contributed by atoms with Crippen LogP contribution >= 0.6 is 46.1 Å². The van der Waals surface area contributed by atoms with E-state index >= 15 is 0 Å². The van der Waals surface area contributed by atoms with Crippen molar-refractivity contribution in [3.8, 4) is 5.00 Å². The molecule has 58 heavy (non-hydrogen) atoms. The van der Waals surface area contributed by atoms with Gasteiger partial charge in [0, 0.05) is 47.1 Å². The Morgan fingerprint density at radius 3 is 2.48 bits per heavy atom. The van der Waals surface area contributed by atoms with Crippen molar-refractivity contribution in [3.05, 3.63) is 90.7 Å². The summed E-state index contributed by atoms with van der Waals surface area (Å²) in [5.41, 5.74) is 4.69. The summed E-state index contributed by atoms with van der Waals surface area (Å²) in [6.45, 7) is 9.61. The maximum Gasteiger partial charge on any atom is 0.242 e. The lowest BCUT2D eigenvalue weighted by molar-refractivity contribution is -0.124. The van der Waals surface area contributed by atoms with Gasteiger partial charge in [0.05, 0.1) is 73.0 Å². The number of amides is 2. The molecule has 0 aliphatic carbocycles. The van der Waals surface area contributed by atoms with Crippen LogP contribution in [0.15, 0.2) is 52.6 Å². The minimum Gasteiger partial charge on any atom is -0.377 e. The third-order valence-electron chi connectivity index (χ3n) is 10.3. The fourth-order valence-electron chi connectivity index (χ4n) is 7.22. The second kappa shape index (κ2) is 19.0. The molecule has 0 radical (unpaired) electrons. The van der Waals surface area contributed by atoms with Crippen molar-refractivity contribution in [1.82, 2.24) is 30.3 Å². The number of hydrogen-bond acceptors (Lipinski definition) is 12. The zero-order valence-electron chi connectivity index (χ0n) is 32.8. The maximum absolute atomic E-state index is 13.2. The Balaban J connectivity index is 0.796. The third kappa shape index (κ3) is 9.74. The number of fused-ring (bicyclic) bond motifs is 3. The van der Waals surface area contributed by atoms with Crippen molar-refractivity contribution in [1.29, 1.82) is 0 Å². The van der Waals surface area contributed by atoms with Crippen molar-refractivity contribution >= 4 is 75.2 Å². The lowest BCUT2D eigenvalue weighted by Gasteiger charge is -2.17. The van der Waals surface area contributed by atoms with E-state index in [0.717, 1.165) is 38.9 Å². The molecular formula is C40H46Cl3N9O5S. The van der Waals surface area contributed by atoms with Gasteiger partial charge < -0.3 is 24.8 Å². The van der Waals surface area contributed by atoms with Gasteiger partial charge in [-0.05, 0) is 70.1 Å². The smallest absolute Gasteiger partial charge is 0.242 e.